The number of ether oxygens (including phenoxy) is 1. The van der Waals surface area contributed by atoms with Crippen LogP contribution in [0, 0.1) is 0 Å². The summed E-state index contributed by atoms with van der Waals surface area (Å²) in [5.74, 6) is -1.78. The van der Waals surface area contributed by atoms with E-state index in [9.17, 15) is 19.8 Å². The van der Waals surface area contributed by atoms with Crippen LogP contribution in [0.1, 0.15) is 20.7 Å². The van der Waals surface area contributed by atoms with E-state index in [-0.39, 0.29) is 17.1 Å². The van der Waals surface area contributed by atoms with Gasteiger partial charge in [-0.25, -0.2) is 4.79 Å². The van der Waals surface area contributed by atoms with Crippen molar-refractivity contribution in [2.75, 3.05) is 6.61 Å². The molecule has 2 N–H and O–H groups in total. The lowest BCUT2D eigenvalue weighted by Gasteiger charge is -2.10. The number of halogens is 1. The van der Waals surface area contributed by atoms with Crippen LogP contribution in [0.2, 0.25) is 5.02 Å². The zero-order chi connectivity index (χ0) is 18.0. The minimum atomic E-state index is -0.902. The molecule has 25 heavy (non-hydrogen) atoms. The summed E-state index contributed by atoms with van der Waals surface area (Å²) in [5.41, 5.74) is 0.142. The molecule has 0 bridgehead atoms. The summed E-state index contributed by atoms with van der Waals surface area (Å²) in [6.07, 6.45) is 0. The van der Waals surface area contributed by atoms with Gasteiger partial charge in [-0.05, 0) is 30.3 Å². The number of esters is 1. The third-order valence-electron chi connectivity index (χ3n) is 3.71. The molecule has 0 spiro atoms. The number of carbonyl (C=O) groups excluding carboxylic acids is 2. The van der Waals surface area contributed by atoms with Crippen LogP contribution in [-0.4, -0.2) is 28.6 Å². The molecule has 3 rings (SSSR count). The molecule has 6 heteroatoms. The molecule has 0 atom stereocenters. The summed E-state index contributed by atoms with van der Waals surface area (Å²) in [7, 11) is 0. The molecule has 0 aliphatic heterocycles. The van der Waals surface area contributed by atoms with Gasteiger partial charge in [0.1, 0.15) is 17.1 Å². The van der Waals surface area contributed by atoms with E-state index in [2.05, 4.69) is 0 Å². The van der Waals surface area contributed by atoms with Gasteiger partial charge < -0.3 is 14.9 Å². The van der Waals surface area contributed by atoms with Crippen LogP contribution in [0.4, 0.5) is 0 Å². The molecule has 3 aromatic rings. The van der Waals surface area contributed by atoms with Crippen LogP contribution >= 0.6 is 11.6 Å². The van der Waals surface area contributed by atoms with Gasteiger partial charge >= 0.3 is 5.97 Å². The Balaban J connectivity index is 1.79. The molecule has 0 unspecified atom stereocenters. The maximum absolute atomic E-state index is 12.2. The smallest absolute Gasteiger partial charge is 0.342 e. The van der Waals surface area contributed by atoms with Gasteiger partial charge in [0, 0.05) is 21.4 Å². The summed E-state index contributed by atoms with van der Waals surface area (Å²) in [4.78, 5) is 24.2. The summed E-state index contributed by atoms with van der Waals surface area (Å²) >= 11 is 5.76. The number of Topliss-reactive ketones (excluding diaryl/α,β-unsaturated/α-hetero) is 1. The normalized spacial score (nSPS) is 10.6. The van der Waals surface area contributed by atoms with Crippen LogP contribution in [-0.2, 0) is 4.74 Å². The number of benzene rings is 3. The van der Waals surface area contributed by atoms with Crippen molar-refractivity contribution in [3.63, 3.8) is 0 Å². The lowest BCUT2D eigenvalue weighted by molar-refractivity contribution is 0.0472. The minimum Gasteiger partial charge on any atom is -0.507 e. The number of ketones is 1. The van der Waals surface area contributed by atoms with Crippen molar-refractivity contribution in [1.29, 1.82) is 0 Å². The number of phenols is 2. The summed E-state index contributed by atoms with van der Waals surface area (Å²) < 4.78 is 4.97. The van der Waals surface area contributed by atoms with Gasteiger partial charge in [-0.15, -0.1) is 0 Å². The summed E-state index contributed by atoms with van der Waals surface area (Å²) in [5, 5.41) is 21.5. The molecule has 5 nitrogen and oxygen atoms in total. The molecule has 0 saturated carbocycles. The van der Waals surface area contributed by atoms with Gasteiger partial charge in [-0.3, -0.25) is 4.79 Å². The van der Waals surface area contributed by atoms with Gasteiger partial charge in [-0.1, -0.05) is 35.9 Å². The first-order valence-corrected chi connectivity index (χ1v) is 7.74. The predicted molar refractivity (Wildman–Crippen MR) is 93.3 cm³/mol. The van der Waals surface area contributed by atoms with E-state index in [1.807, 2.05) is 0 Å². The number of carbonyl (C=O) groups is 2. The molecule has 0 heterocycles. The molecule has 3 aromatic carbocycles. The van der Waals surface area contributed by atoms with Gasteiger partial charge in [0.2, 0.25) is 0 Å². The van der Waals surface area contributed by atoms with Crippen molar-refractivity contribution in [2.24, 2.45) is 0 Å². The minimum absolute atomic E-state index is 0.163. The summed E-state index contributed by atoms with van der Waals surface area (Å²) in [6.45, 7) is -0.493. The highest BCUT2D eigenvalue weighted by molar-refractivity contribution is 6.30. The van der Waals surface area contributed by atoms with E-state index >= 15 is 0 Å². The molecule has 0 aliphatic rings. The number of fused-ring (bicyclic) bond motifs is 1. The van der Waals surface area contributed by atoms with Gasteiger partial charge in [-0.2, -0.15) is 0 Å². The Morgan fingerprint density at radius 1 is 0.960 bits per heavy atom. The van der Waals surface area contributed by atoms with Crippen molar-refractivity contribution in [3.8, 4) is 11.5 Å². The molecule has 0 saturated heterocycles. The molecule has 126 valence electrons. The second-order valence-corrected chi connectivity index (χ2v) is 5.78. The first-order chi connectivity index (χ1) is 12.0. The topological polar surface area (TPSA) is 83.8 Å². The predicted octanol–water partition coefficient (Wildman–Crippen LogP) is 3.94. The van der Waals surface area contributed by atoms with Gasteiger partial charge in [0.05, 0.1) is 0 Å². The van der Waals surface area contributed by atoms with Crippen molar-refractivity contribution >= 4 is 34.1 Å². The molecule has 0 aliphatic carbocycles. The van der Waals surface area contributed by atoms with Crippen LogP contribution in [0.25, 0.3) is 10.8 Å². The maximum atomic E-state index is 12.2. The van der Waals surface area contributed by atoms with Crippen molar-refractivity contribution in [2.45, 2.75) is 0 Å². The molecular formula is C19H13ClO5. The fraction of sp³-hybridized carbons (Fsp3) is 0.0526. The Labute approximate surface area is 148 Å². The quantitative estimate of drug-likeness (QED) is 0.420. The average Bonchev–Trinajstić information content (AvgIpc) is 2.63. The van der Waals surface area contributed by atoms with E-state index in [1.54, 1.807) is 36.4 Å². The van der Waals surface area contributed by atoms with E-state index in [0.717, 1.165) is 6.07 Å². The Bertz CT molecular complexity index is 963. The zero-order valence-electron chi connectivity index (χ0n) is 12.9. The van der Waals surface area contributed by atoms with E-state index in [4.69, 9.17) is 16.3 Å². The van der Waals surface area contributed by atoms with Crippen molar-refractivity contribution in [3.05, 3.63) is 70.7 Å². The molecule has 0 aromatic heterocycles. The second-order valence-electron chi connectivity index (χ2n) is 5.34. The Morgan fingerprint density at radius 2 is 1.60 bits per heavy atom. The lowest BCUT2D eigenvalue weighted by atomic mass is 10.0. The number of rotatable bonds is 4. The maximum Gasteiger partial charge on any atom is 0.342 e. The van der Waals surface area contributed by atoms with Crippen LogP contribution in [0.5, 0.6) is 11.5 Å². The van der Waals surface area contributed by atoms with E-state index < -0.39 is 18.4 Å². The second kappa shape index (κ2) is 6.83. The number of aromatic hydroxyl groups is 2. The Kier molecular flexibility index (Phi) is 4.59. The number of hydrogen-bond donors (Lipinski definition) is 2. The number of hydrogen-bond acceptors (Lipinski definition) is 5. The van der Waals surface area contributed by atoms with Gasteiger partial charge in [0.15, 0.2) is 12.4 Å². The summed E-state index contributed by atoms with van der Waals surface area (Å²) in [6, 6.07) is 13.8. The Hall–Kier alpha value is -3.05. The SMILES string of the molecule is O=C(COC(=O)c1cc(O)c2ccccc2c1O)c1ccc(Cl)cc1. The molecule has 0 amide bonds. The third-order valence-corrected chi connectivity index (χ3v) is 3.97. The van der Waals surface area contributed by atoms with Crippen molar-refractivity contribution < 1.29 is 24.5 Å². The van der Waals surface area contributed by atoms with E-state index in [1.165, 1.54) is 12.1 Å². The van der Waals surface area contributed by atoms with Gasteiger partial charge in [0.25, 0.3) is 0 Å². The highest BCUT2D eigenvalue weighted by Crippen LogP contribution is 2.35. The van der Waals surface area contributed by atoms with Crippen LogP contribution in [0.3, 0.4) is 0 Å². The number of phenolic OH excluding ortho intramolecular Hbond substituents is 2. The lowest BCUT2D eigenvalue weighted by Crippen LogP contribution is -2.14. The highest BCUT2D eigenvalue weighted by atomic mass is 35.5. The monoisotopic (exact) mass is 356 g/mol. The highest BCUT2D eigenvalue weighted by Gasteiger charge is 2.19. The first kappa shape index (κ1) is 16.8. The van der Waals surface area contributed by atoms with Crippen LogP contribution < -0.4 is 0 Å². The average molecular weight is 357 g/mol. The zero-order valence-corrected chi connectivity index (χ0v) is 13.7. The van der Waals surface area contributed by atoms with Crippen LogP contribution in [0.15, 0.2) is 54.6 Å². The third kappa shape index (κ3) is 3.41. The van der Waals surface area contributed by atoms with E-state index in [0.29, 0.717) is 21.4 Å². The molecular weight excluding hydrogens is 344 g/mol. The first-order valence-electron chi connectivity index (χ1n) is 7.37. The Morgan fingerprint density at radius 3 is 2.28 bits per heavy atom. The molecule has 0 fully saturated rings. The fourth-order valence-electron chi connectivity index (χ4n) is 2.42. The van der Waals surface area contributed by atoms with Crippen molar-refractivity contribution in [1.82, 2.24) is 0 Å². The molecule has 0 radical (unpaired) electrons. The fourth-order valence-corrected chi connectivity index (χ4v) is 2.55. The largest absolute Gasteiger partial charge is 0.507 e. The standard InChI is InChI=1S/C19H13ClO5/c20-12-7-5-11(6-8-12)17(22)10-25-19(24)15-9-16(21)13-3-1-2-4-14(13)18(15)23/h1-9,21,23H,10H2.